The SMILES string of the molecule is CCCCNc1ccccn1. The maximum atomic E-state index is 4.14. The summed E-state index contributed by atoms with van der Waals surface area (Å²) in [5.74, 6) is 0.973. The lowest BCUT2D eigenvalue weighted by Gasteiger charge is -2.02. The zero-order valence-corrected chi connectivity index (χ0v) is 6.88. The lowest BCUT2D eigenvalue weighted by atomic mass is 10.3. The number of unbranched alkanes of at least 4 members (excludes halogenated alkanes) is 1. The molecule has 0 aliphatic rings. The summed E-state index contributed by atoms with van der Waals surface area (Å²) in [5, 5.41) is 3.23. The van der Waals surface area contributed by atoms with Crippen LogP contribution in [0, 0.1) is 0 Å². The molecule has 1 aromatic rings. The average Bonchev–Trinajstić information content (AvgIpc) is 2.07. The fraction of sp³-hybridized carbons (Fsp3) is 0.444. The van der Waals surface area contributed by atoms with E-state index in [4.69, 9.17) is 0 Å². The van der Waals surface area contributed by atoms with Gasteiger partial charge in [-0.2, -0.15) is 0 Å². The van der Waals surface area contributed by atoms with Crippen LogP contribution in [0.15, 0.2) is 24.4 Å². The van der Waals surface area contributed by atoms with Gasteiger partial charge in [0, 0.05) is 12.7 Å². The van der Waals surface area contributed by atoms with Crippen LogP contribution in [0.3, 0.4) is 0 Å². The van der Waals surface area contributed by atoms with Crippen LogP contribution in [0.5, 0.6) is 0 Å². The molecule has 0 aromatic carbocycles. The number of rotatable bonds is 4. The van der Waals surface area contributed by atoms with Gasteiger partial charge in [-0.15, -0.1) is 0 Å². The van der Waals surface area contributed by atoms with Crippen LogP contribution in [0.25, 0.3) is 0 Å². The summed E-state index contributed by atoms with van der Waals surface area (Å²) in [6.07, 6.45) is 4.23. The largest absolute Gasteiger partial charge is 0.370 e. The van der Waals surface area contributed by atoms with Crippen LogP contribution < -0.4 is 5.32 Å². The van der Waals surface area contributed by atoms with Crippen molar-refractivity contribution in [2.24, 2.45) is 0 Å². The van der Waals surface area contributed by atoms with E-state index in [2.05, 4.69) is 17.2 Å². The Kier molecular flexibility index (Phi) is 3.45. The molecular formula is C9H14N2. The predicted molar refractivity (Wildman–Crippen MR) is 47.6 cm³/mol. The molecule has 0 fully saturated rings. The molecule has 1 heterocycles. The van der Waals surface area contributed by atoms with Gasteiger partial charge in [-0.3, -0.25) is 0 Å². The van der Waals surface area contributed by atoms with Crippen molar-refractivity contribution in [3.63, 3.8) is 0 Å². The van der Waals surface area contributed by atoms with E-state index in [0.29, 0.717) is 0 Å². The van der Waals surface area contributed by atoms with Gasteiger partial charge in [0.1, 0.15) is 5.82 Å². The first-order valence-electron chi connectivity index (χ1n) is 4.08. The zero-order valence-electron chi connectivity index (χ0n) is 6.88. The Bertz CT molecular complexity index is 184. The topological polar surface area (TPSA) is 24.9 Å². The molecule has 0 radical (unpaired) electrons. The van der Waals surface area contributed by atoms with E-state index in [1.165, 1.54) is 12.8 Å². The van der Waals surface area contributed by atoms with Gasteiger partial charge in [0.15, 0.2) is 0 Å². The van der Waals surface area contributed by atoms with Crippen molar-refractivity contribution in [1.29, 1.82) is 0 Å². The summed E-state index contributed by atoms with van der Waals surface area (Å²) in [7, 11) is 0. The van der Waals surface area contributed by atoms with Gasteiger partial charge in [0.2, 0.25) is 0 Å². The molecule has 0 saturated carbocycles. The van der Waals surface area contributed by atoms with Crippen LogP contribution in [-0.2, 0) is 0 Å². The van der Waals surface area contributed by atoms with Gasteiger partial charge in [-0.05, 0) is 18.6 Å². The molecule has 0 unspecified atom stereocenters. The summed E-state index contributed by atoms with van der Waals surface area (Å²) in [4.78, 5) is 4.14. The van der Waals surface area contributed by atoms with Crippen molar-refractivity contribution in [2.45, 2.75) is 19.8 Å². The molecule has 11 heavy (non-hydrogen) atoms. The second kappa shape index (κ2) is 4.72. The van der Waals surface area contributed by atoms with Gasteiger partial charge in [0.05, 0.1) is 0 Å². The van der Waals surface area contributed by atoms with Crippen molar-refractivity contribution < 1.29 is 0 Å². The Morgan fingerprint density at radius 1 is 1.45 bits per heavy atom. The first-order chi connectivity index (χ1) is 5.43. The minimum absolute atomic E-state index is 0.973. The second-order valence-electron chi connectivity index (χ2n) is 2.50. The minimum atomic E-state index is 0.973. The van der Waals surface area contributed by atoms with E-state index < -0.39 is 0 Å². The van der Waals surface area contributed by atoms with Crippen molar-refractivity contribution >= 4 is 5.82 Å². The number of hydrogen-bond donors (Lipinski definition) is 1. The van der Waals surface area contributed by atoms with Gasteiger partial charge in [-0.1, -0.05) is 19.4 Å². The van der Waals surface area contributed by atoms with Crippen LogP contribution >= 0.6 is 0 Å². The molecule has 0 saturated heterocycles. The normalized spacial score (nSPS) is 9.55. The highest BCUT2D eigenvalue weighted by Crippen LogP contribution is 1.99. The Morgan fingerprint density at radius 2 is 2.36 bits per heavy atom. The van der Waals surface area contributed by atoms with Gasteiger partial charge in [-0.25, -0.2) is 4.98 Å². The van der Waals surface area contributed by atoms with Gasteiger partial charge < -0.3 is 5.32 Å². The fourth-order valence-electron chi connectivity index (χ4n) is 0.861. The van der Waals surface area contributed by atoms with E-state index in [9.17, 15) is 0 Å². The minimum Gasteiger partial charge on any atom is -0.370 e. The Labute approximate surface area is 67.7 Å². The molecular weight excluding hydrogens is 136 g/mol. The lowest BCUT2D eigenvalue weighted by Crippen LogP contribution is -2.01. The van der Waals surface area contributed by atoms with Crippen LogP contribution in [0.4, 0.5) is 5.82 Å². The van der Waals surface area contributed by atoms with E-state index in [1.54, 1.807) is 6.20 Å². The predicted octanol–water partition coefficient (Wildman–Crippen LogP) is 2.29. The maximum Gasteiger partial charge on any atom is 0.125 e. The van der Waals surface area contributed by atoms with Crippen molar-refractivity contribution in [2.75, 3.05) is 11.9 Å². The number of nitrogens with one attached hydrogen (secondary N) is 1. The maximum absolute atomic E-state index is 4.14. The zero-order chi connectivity index (χ0) is 7.94. The summed E-state index contributed by atoms with van der Waals surface area (Å²) in [5.41, 5.74) is 0. The highest BCUT2D eigenvalue weighted by molar-refractivity contribution is 5.32. The third-order valence-corrected chi connectivity index (χ3v) is 1.50. The van der Waals surface area contributed by atoms with Crippen molar-refractivity contribution in [3.05, 3.63) is 24.4 Å². The first-order valence-corrected chi connectivity index (χ1v) is 4.08. The molecule has 0 bridgehead atoms. The molecule has 2 heteroatoms. The summed E-state index contributed by atoms with van der Waals surface area (Å²) < 4.78 is 0. The second-order valence-corrected chi connectivity index (χ2v) is 2.50. The number of anilines is 1. The van der Waals surface area contributed by atoms with E-state index in [0.717, 1.165) is 12.4 Å². The highest BCUT2D eigenvalue weighted by Gasteiger charge is 1.87. The van der Waals surface area contributed by atoms with Crippen LogP contribution in [-0.4, -0.2) is 11.5 Å². The van der Waals surface area contributed by atoms with E-state index in [1.807, 2.05) is 18.2 Å². The monoisotopic (exact) mass is 150 g/mol. The van der Waals surface area contributed by atoms with Gasteiger partial charge >= 0.3 is 0 Å². The molecule has 0 amide bonds. The summed E-state index contributed by atoms with van der Waals surface area (Å²) in [6, 6.07) is 5.89. The van der Waals surface area contributed by atoms with Crippen LogP contribution in [0.1, 0.15) is 19.8 Å². The molecule has 0 aliphatic heterocycles. The number of nitrogens with zero attached hydrogens (tertiary/aromatic N) is 1. The van der Waals surface area contributed by atoms with Crippen LogP contribution in [0.2, 0.25) is 0 Å². The van der Waals surface area contributed by atoms with Crippen molar-refractivity contribution in [3.8, 4) is 0 Å². The Hall–Kier alpha value is -1.05. The number of hydrogen-bond acceptors (Lipinski definition) is 2. The standard InChI is InChI=1S/C9H14N2/c1-2-3-7-10-9-6-4-5-8-11-9/h4-6,8H,2-3,7H2,1H3,(H,10,11). The lowest BCUT2D eigenvalue weighted by molar-refractivity contribution is 0.831. The third kappa shape index (κ3) is 3.03. The molecule has 0 spiro atoms. The fourth-order valence-corrected chi connectivity index (χ4v) is 0.861. The number of pyridine rings is 1. The average molecular weight is 150 g/mol. The number of aromatic nitrogens is 1. The van der Waals surface area contributed by atoms with E-state index in [-0.39, 0.29) is 0 Å². The Balaban J connectivity index is 2.28. The molecule has 0 aliphatic carbocycles. The quantitative estimate of drug-likeness (QED) is 0.666. The molecule has 60 valence electrons. The summed E-state index contributed by atoms with van der Waals surface area (Å²) >= 11 is 0. The highest BCUT2D eigenvalue weighted by atomic mass is 15.0. The third-order valence-electron chi connectivity index (χ3n) is 1.50. The summed E-state index contributed by atoms with van der Waals surface area (Å²) in [6.45, 7) is 3.20. The van der Waals surface area contributed by atoms with Crippen molar-refractivity contribution in [1.82, 2.24) is 4.98 Å². The molecule has 1 aromatic heterocycles. The first kappa shape index (κ1) is 8.05. The van der Waals surface area contributed by atoms with E-state index >= 15 is 0 Å². The molecule has 0 atom stereocenters. The molecule has 2 nitrogen and oxygen atoms in total. The van der Waals surface area contributed by atoms with Gasteiger partial charge in [0.25, 0.3) is 0 Å². The molecule has 1 rings (SSSR count). The Morgan fingerprint density at radius 3 is 3.00 bits per heavy atom. The smallest absolute Gasteiger partial charge is 0.125 e. The molecule has 1 N–H and O–H groups in total.